The molecule has 282 valence electrons. The molecule has 1 aliphatic rings. The van der Waals surface area contributed by atoms with Crippen molar-refractivity contribution in [3.05, 3.63) is 138 Å². The summed E-state index contributed by atoms with van der Waals surface area (Å²) in [5.41, 5.74) is 2.74. The first-order valence-corrected chi connectivity index (χ1v) is 18.1. The Labute approximate surface area is 316 Å². The number of ether oxygens (including phenoxy) is 3. The van der Waals surface area contributed by atoms with E-state index in [1.54, 1.807) is 13.8 Å². The average Bonchev–Trinajstić information content (AvgIpc) is 3.22. The predicted octanol–water partition coefficient (Wildman–Crippen LogP) is 5.58. The van der Waals surface area contributed by atoms with Crippen LogP contribution >= 0.6 is 0 Å². The number of amides is 2. The Morgan fingerprint density at radius 2 is 1.22 bits per heavy atom. The summed E-state index contributed by atoms with van der Waals surface area (Å²) in [5.74, 6) is -3.79. The summed E-state index contributed by atoms with van der Waals surface area (Å²) in [6.07, 6.45) is 0.232. The molecular weight excluding hydrogens is 686 g/mol. The van der Waals surface area contributed by atoms with Crippen LogP contribution in [0.1, 0.15) is 67.2 Å². The lowest BCUT2D eigenvalue weighted by Gasteiger charge is -2.41. The number of anilines is 1. The maximum atomic E-state index is 13.7. The summed E-state index contributed by atoms with van der Waals surface area (Å²) in [6, 6.07) is 33.9. The molecule has 11 heteroatoms. The molecule has 2 amide bonds. The van der Waals surface area contributed by atoms with Crippen LogP contribution in [0.15, 0.2) is 115 Å². The fourth-order valence-electron chi connectivity index (χ4n) is 6.38. The quantitative estimate of drug-likeness (QED) is 0.118. The maximum Gasteiger partial charge on any atom is 0.331 e. The third-order valence-corrected chi connectivity index (χ3v) is 9.82. The molecule has 2 N–H and O–H groups in total. The largest absolute Gasteiger partial charge is 0.467 e. The molecule has 2 unspecified atom stereocenters. The summed E-state index contributed by atoms with van der Waals surface area (Å²) >= 11 is 0. The highest BCUT2D eigenvalue weighted by atomic mass is 16.5. The zero-order chi connectivity index (χ0) is 38.5. The highest BCUT2D eigenvalue weighted by Crippen LogP contribution is 2.31. The number of carbonyl (C=O) groups excluding carboxylic acids is 5. The zero-order valence-corrected chi connectivity index (χ0v) is 30.9. The molecule has 0 radical (unpaired) electrons. The number of benzene rings is 4. The number of nitrogens with zero attached hydrogens (tertiary/aromatic N) is 1. The lowest BCUT2D eigenvalue weighted by Crippen LogP contribution is -2.61. The van der Waals surface area contributed by atoms with Gasteiger partial charge in [0.2, 0.25) is 11.8 Å². The molecule has 3 atom stereocenters. The van der Waals surface area contributed by atoms with Gasteiger partial charge in [-0.1, -0.05) is 103 Å². The van der Waals surface area contributed by atoms with Crippen molar-refractivity contribution in [3.63, 3.8) is 0 Å². The van der Waals surface area contributed by atoms with Crippen LogP contribution in [0.3, 0.4) is 0 Å². The Kier molecular flexibility index (Phi) is 13.6. The van der Waals surface area contributed by atoms with Gasteiger partial charge in [0.1, 0.15) is 24.8 Å². The first-order valence-electron chi connectivity index (χ1n) is 18.1. The fraction of sp³-hybridized carbons (Fsp3) is 0.326. The minimum Gasteiger partial charge on any atom is -0.467 e. The standard InChI is InChI=1S/C43H47N3O8/c1-30(34-18-11-6-12-19-34)40(49)45-43(42(51)52-3)22-24-46(25-23-43)36-21-13-20-35(26-36)31(2)39(48)44-37(41(50)54-29-33-16-9-5-10-17-33)27-38(47)53-28-32-14-7-4-8-15-32/h4-21,26,30-31,37H,22-25,27-29H2,1-3H3,(H,44,48)(H,45,49)/t30?,31?,37-/m0/s1. The highest BCUT2D eigenvalue weighted by Gasteiger charge is 2.44. The number of hydrogen-bond acceptors (Lipinski definition) is 9. The number of nitrogens with one attached hydrogen (secondary N) is 2. The molecular formula is C43H47N3O8. The maximum absolute atomic E-state index is 13.7. The van der Waals surface area contributed by atoms with Crippen LogP contribution in [-0.2, 0) is 51.4 Å². The molecule has 1 fully saturated rings. The first-order chi connectivity index (χ1) is 26.1. The van der Waals surface area contributed by atoms with Crippen molar-refractivity contribution in [2.45, 2.75) is 69.7 Å². The Hall–Kier alpha value is -5.97. The predicted molar refractivity (Wildman–Crippen MR) is 203 cm³/mol. The van der Waals surface area contributed by atoms with Gasteiger partial charge in [0, 0.05) is 18.8 Å². The van der Waals surface area contributed by atoms with Gasteiger partial charge in [-0.05, 0) is 61.1 Å². The molecule has 5 rings (SSSR count). The molecule has 0 bridgehead atoms. The summed E-state index contributed by atoms with van der Waals surface area (Å²) in [6.45, 7) is 4.42. The third kappa shape index (κ3) is 10.3. The molecule has 54 heavy (non-hydrogen) atoms. The van der Waals surface area contributed by atoms with E-state index in [1.165, 1.54) is 7.11 Å². The van der Waals surface area contributed by atoms with Crippen LogP contribution in [0.5, 0.6) is 0 Å². The normalized spacial score (nSPS) is 15.1. The van der Waals surface area contributed by atoms with Gasteiger partial charge in [-0.25, -0.2) is 9.59 Å². The topological polar surface area (TPSA) is 140 Å². The van der Waals surface area contributed by atoms with Crippen LogP contribution < -0.4 is 15.5 Å². The summed E-state index contributed by atoms with van der Waals surface area (Å²) in [4.78, 5) is 68.3. The number of carbonyl (C=O) groups is 5. The molecule has 1 heterocycles. The number of hydrogen-bond donors (Lipinski definition) is 2. The van der Waals surface area contributed by atoms with Crippen molar-refractivity contribution in [2.24, 2.45) is 0 Å². The smallest absolute Gasteiger partial charge is 0.331 e. The van der Waals surface area contributed by atoms with Crippen molar-refractivity contribution < 1.29 is 38.2 Å². The molecule has 0 saturated carbocycles. The van der Waals surface area contributed by atoms with E-state index in [0.29, 0.717) is 31.5 Å². The van der Waals surface area contributed by atoms with Gasteiger partial charge in [0.15, 0.2) is 0 Å². The minimum absolute atomic E-state index is 0.0223. The van der Waals surface area contributed by atoms with Crippen molar-refractivity contribution >= 4 is 35.4 Å². The van der Waals surface area contributed by atoms with Crippen molar-refractivity contribution in [1.29, 1.82) is 0 Å². The second kappa shape index (κ2) is 18.7. The number of esters is 3. The minimum atomic E-state index is -1.27. The lowest BCUT2D eigenvalue weighted by molar-refractivity contribution is -0.155. The Morgan fingerprint density at radius 1 is 0.685 bits per heavy atom. The number of methoxy groups -OCH3 is 1. The van der Waals surface area contributed by atoms with Crippen LogP contribution in [0, 0.1) is 0 Å². The van der Waals surface area contributed by atoms with Gasteiger partial charge < -0.3 is 29.7 Å². The van der Waals surface area contributed by atoms with E-state index in [1.807, 2.05) is 115 Å². The molecule has 11 nitrogen and oxygen atoms in total. The van der Waals surface area contributed by atoms with Gasteiger partial charge >= 0.3 is 17.9 Å². The highest BCUT2D eigenvalue weighted by molar-refractivity contribution is 5.92. The monoisotopic (exact) mass is 733 g/mol. The van der Waals surface area contributed by atoms with Crippen molar-refractivity contribution in [2.75, 3.05) is 25.1 Å². The van der Waals surface area contributed by atoms with Crippen LogP contribution in [0.4, 0.5) is 5.69 Å². The van der Waals surface area contributed by atoms with Gasteiger partial charge in [-0.15, -0.1) is 0 Å². The molecule has 0 aromatic heterocycles. The molecule has 1 saturated heterocycles. The van der Waals surface area contributed by atoms with Crippen LogP contribution in [0.2, 0.25) is 0 Å². The van der Waals surface area contributed by atoms with Crippen LogP contribution in [-0.4, -0.2) is 61.5 Å². The SMILES string of the molecule is COC(=O)C1(NC(=O)C(C)c2ccccc2)CCN(c2cccc(C(C)C(=O)N[C@@H](CC(=O)OCc3ccccc3)C(=O)OCc3ccccc3)c2)CC1. The van der Waals surface area contributed by atoms with Crippen molar-refractivity contribution in [1.82, 2.24) is 10.6 Å². The molecule has 4 aromatic carbocycles. The summed E-state index contributed by atoms with van der Waals surface area (Å²) in [5, 5.41) is 5.74. The summed E-state index contributed by atoms with van der Waals surface area (Å²) in [7, 11) is 1.32. The van der Waals surface area contributed by atoms with Crippen molar-refractivity contribution in [3.8, 4) is 0 Å². The second-order valence-electron chi connectivity index (χ2n) is 13.5. The molecule has 4 aromatic rings. The average molecular weight is 734 g/mol. The van der Waals surface area contributed by atoms with E-state index >= 15 is 0 Å². The Morgan fingerprint density at radius 3 is 1.81 bits per heavy atom. The first kappa shape index (κ1) is 39.2. The van der Waals surface area contributed by atoms with Gasteiger partial charge in [0.25, 0.3) is 0 Å². The van der Waals surface area contributed by atoms with E-state index < -0.39 is 53.7 Å². The van der Waals surface area contributed by atoms with Crippen LogP contribution in [0.25, 0.3) is 0 Å². The van der Waals surface area contributed by atoms with E-state index in [4.69, 9.17) is 14.2 Å². The van der Waals surface area contributed by atoms with E-state index in [2.05, 4.69) is 15.5 Å². The van der Waals surface area contributed by atoms with E-state index in [9.17, 15) is 24.0 Å². The van der Waals surface area contributed by atoms with Gasteiger partial charge in [-0.2, -0.15) is 0 Å². The van der Waals surface area contributed by atoms with E-state index in [-0.39, 0.29) is 19.1 Å². The Bertz CT molecular complexity index is 1880. The second-order valence-corrected chi connectivity index (χ2v) is 13.5. The van der Waals surface area contributed by atoms with Gasteiger partial charge in [-0.3, -0.25) is 14.4 Å². The summed E-state index contributed by atoms with van der Waals surface area (Å²) < 4.78 is 16.1. The van der Waals surface area contributed by atoms with Gasteiger partial charge in [0.05, 0.1) is 25.4 Å². The zero-order valence-electron chi connectivity index (χ0n) is 30.9. The number of rotatable bonds is 15. The fourth-order valence-corrected chi connectivity index (χ4v) is 6.38. The lowest BCUT2D eigenvalue weighted by atomic mass is 9.85. The van der Waals surface area contributed by atoms with E-state index in [0.717, 1.165) is 22.4 Å². The molecule has 0 spiro atoms. The Balaban J connectivity index is 1.23. The molecule has 0 aliphatic carbocycles. The third-order valence-electron chi connectivity index (χ3n) is 9.82. The molecule has 1 aliphatic heterocycles. The number of piperidine rings is 1.